The summed E-state index contributed by atoms with van der Waals surface area (Å²) >= 11 is 5.99. The minimum absolute atomic E-state index is 0.0303. The number of rotatable bonds is 4. The second-order valence-corrected chi connectivity index (χ2v) is 6.94. The number of hydrogen-bond acceptors (Lipinski definition) is 4. The zero-order valence-corrected chi connectivity index (χ0v) is 13.5. The van der Waals surface area contributed by atoms with Gasteiger partial charge < -0.3 is 0 Å². The van der Waals surface area contributed by atoms with Crippen LogP contribution in [-0.2, 0) is 4.79 Å². The number of fused-ring (bicyclic) bond motifs is 1. The predicted octanol–water partition coefficient (Wildman–Crippen LogP) is 3.52. The second-order valence-electron chi connectivity index (χ2n) is 6.53. The van der Waals surface area contributed by atoms with Gasteiger partial charge in [-0.1, -0.05) is 31.4 Å². The minimum Gasteiger partial charge on any atom is -0.273 e. The number of nitrogens with zero attached hydrogens (tertiary/aromatic N) is 2. The van der Waals surface area contributed by atoms with Crippen molar-refractivity contribution in [2.45, 2.75) is 32.6 Å². The molecule has 2 aliphatic carbocycles. The van der Waals surface area contributed by atoms with Crippen LogP contribution >= 0.6 is 11.6 Å². The Morgan fingerprint density at radius 1 is 1.52 bits per heavy atom. The number of hydrazone groups is 1. The Kier molecular flexibility index (Phi) is 4.10. The fourth-order valence-corrected chi connectivity index (χ4v) is 4.00. The summed E-state index contributed by atoms with van der Waals surface area (Å²) in [5, 5.41) is 15.0. The molecule has 23 heavy (non-hydrogen) atoms. The molecule has 122 valence electrons. The molecule has 7 heteroatoms. The van der Waals surface area contributed by atoms with Gasteiger partial charge in [-0.2, -0.15) is 5.10 Å². The second kappa shape index (κ2) is 5.92. The topological polar surface area (TPSA) is 84.6 Å². The highest BCUT2D eigenvalue weighted by Gasteiger charge is 2.64. The fourth-order valence-electron chi connectivity index (χ4n) is 3.83. The molecule has 0 spiro atoms. The average molecular weight is 336 g/mol. The SMILES string of the molecule is C[C@]12CCCC[C@H]1[C@@H]2C(=O)N/N=C\c1cc([N+](=O)[O-])ccc1Cl. The van der Waals surface area contributed by atoms with E-state index in [-0.39, 0.29) is 22.9 Å². The van der Waals surface area contributed by atoms with E-state index in [1.54, 1.807) is 0 Å². The number of nitro benzene ring substituents is 1. The standard InChI is InChI=1S/C16H18ClN3O3/c1-16-7-3-2-4-12(16)14(16)15(21)19-18-9-10-8-11(20(22)23)5-6-13(10)17/h5-6,8-9,12,14H,2-4,7H2,1H3,(H,19,21)/b18-9-/t12-,14+,16-/m0/s1. The Balaban J connectivity index is 1.64. The van der Waals surface area contributed by atoms with Gasteiger partial charge in [-0.15, -0.1) is 0 Å². The van der Waals surface area contributed by atoms with Gasteiger partial charge in [-0.3, -0.25) is 14.9 Å². The predicted molar refractivity (Wildman–Crippen MR) is 87.4 cm³/mol. The number of nitrogens with one attached hydrogen (secondary N) is 1. The highest BCUT2D eigenvalue weighted by atomic mass is 35.5. The molecule has 2 aliphatic rings. The Morgan fingerprint density at radius 2 is 2.30 bits per heavy atom. The molecule has 2 fully saturated rings. The smallest absolute Gasteiger partial charge is 0.270 e. The van der Waals surface area contributed by atoms with Crippen molar-refractivity contribution in [2.75, 3.05) is 0 Å². The quantitative estimate of drug-likeness (QED) is 0.519. The summed E-state index contributed by atoms with van der Waals surface area (Å²) < 4.78 is 0. The molecule has 1 N–H and O–H groups in total. The number of hydrogen-bond donors (Lipinski definition) is 1. The maximum Gasteiger partial charge on any atom is 0.270 e. The van der Waals surface area contributed by atoms with Gasteiger partial charge in [0.1, 0.15) is 0 Å². The van der Waals surface area contributed by atoms with E-state index >= 15 is 0 Å². The van der Waals surface area contributed by atoms with Crippen molar-refractivity contribution >= 4 is 29.4 Å². The number of benzene rings is 1. The first-order chi connectivity index (χ1) is 10.9. The van der Waals surface area contributed by atoms with Crippen LogP contribution < -0.4 is 5.43 Å². The first-order valence-corrected chi connectivity index (χ1v) is 8.08. The average Bonchev–Trinajstić information content (AvgIpc) is 3.14. The Bertz CT molecular complexity index is 691. The molecule has 2 saturated carbocycles. The number of halogens is 1. The van der Waals surface area contributed by atoms with Crippen LogP contribution in [-0.4, -0.2) is 17.0 Å². The van der Waals surface area contributed by atoms with Crippen molar-refractivity contribution in [3.05, 3.63) is 38.9 Å². The summed E-state index contributed by atoms with van der Waals surface area (Å²) in [6.45, 7) is 2.17. The van der Waals surface area contributed by atoms with Crippen molar-refractivity contribution in [1.82, 2.24) is 5.43 Å². The van der Waals surface area contributed by atoms with Gasteiger partial charge in [-0.05, 0) is 30.2 Å². The van der Waals surface area contributed by atoms with Gasteiger partial charge in [0, 0.05) is 28.6 Å². The molecule has 0 radical (unpaired) electrons. The van der Waals surface area contributed by atoms with Crippen LogP contribution in [0.4, 0.5) is 5.69 Å². The van der Waals surface area contributed by atoms with Crippen LogP contribution in [0.2, 0.25) is 5.02 Å². The number of carbonyl (C=O) groups excluding carboxylic acids is 1. The van der Waals surface area contributed by atoms with Crippen molar-refractivity contribution < 1.29 is 9.72 Å². The van der Waals surface area contributed by atoms with Crippen LogP contribution in [0.5, 0.6) is 0 Å². The molecule has 1 aromatic carbocycles. The van der Waals surface area contributed by atoms with Crippen molar-refractivity contribution in [3.8, 4) is 0 Å². The zero-order chi connectivity index (χ0) is 16.6. The summed E-state index contributed by atoms with van der Waals surface area (Å²) in [6, 6.07) is 4.10. The van der Waals surface area contributed by atoms with Gasteiger partial charge in [-0.25, -0.2) is 5.43 Å². The van der Waals surface area contributed by atoms with Gasteiger partial charge in [0.2, 0.25) is 5.91 Å². The van der Waals surface area contributed by atoms with Crippen LogP contribution in [0.15, 0.2) is 23.3 Å². The molecule has 0 unspecified atom stereocenters. The summed E-state index contributed by atoms with van der Waals surface area (Å²) in [6.07, 6.45) is 5.92. The molecule has 1 amide bonds. The first kappa shape index (κ1) is 15.9. The lowest BCUT2D eigenvalue weighted by atomic mass is 9.90. The molecular formula is C16H18ClN3O3. The van der Waals surface area contributed by atoms with Crippen LogP contribution in [0.25, 0.3) is 0 Å². The lowest BCUT2D eigenvalue weighted by Crippen LogP contribution is -2.22. The molecule has 0 aliphatic heterocycles. The number of nitro groups is 1. The van der Waals surface area contributed by atoms with Crippen LogP contribution in [0, 0.1) is 27.4 Å². The zero-order valence-electron chi connectivity index (χ0n) is 12.8. The molecule has 1 aromatic rings. The van der Waals surface area contributed by atoms with E-state index < -0.39 is 4.92 Å². The van der Waals surface area contributed by atoms with Crippen molar-refractivity contribution in [2.24, 2.45) is 22.4 Å². The van der Waals surface area contributed by atoms with E-state index in [0.29, 0.717) is 16.5 Å². The van der Waals surface area contributed by atoms with Crippen LogP contribution in [0.1, 0.15) is 38.2 Å². The third-order valence-corrected chi connectivity index (χ3v) is 5.53. The third kappa shape index (κ3) is 2.95. The summed E-state index contributed by atoms with van der Waals surface area (Å²) in [5.74, 6) is 0.424. The number of non-ortho nitro benzene ring substituents is 1. The number of amides is 1. The van der Waals surface area contributed by atoms with Crippen molar-refractivity contribution in [3.63, 3.8) is 0 Å². The highest BCUT2D eigenvalue weighted by molar-refractivity contribution is 6.33. The van der Waals surface area contributed by atoms with E-state index in [4.69, 9.17) is 11.6 Å². The minimum atomic E-state index is -0.498. The molecule has 0 heterocycles. The Hall–Kier alpha value is -1.95. The van der Waals surface area contributed by atoms with E-state index in [2.05, 4.69) is 17.5 Å². The molecule has 0 saturated heterocycles. The Labute approximate surface area is 139 Å². The molecular weight excluding hydrogens is 318 g/mol. The van der Waals surface area contributed by atoms with Gasteiger partial charge in [0.25, 0.3) is 5.69 Å². The Morgan fingerprint density at radius 3 is 2.96 bits per heavy atom. The summed E-state index contributed by atoms with van der Waals surface area (Å²) in [4.78, 5) is 22.5. The molecule has 0 bridgehead atoms. The highest BCUT2D eigenvalue weighted by Crippen LogP contribution is 2.66. The summed E-state index contributed by atoms with van der Waals surface area (Å²) in [5.41, 5.74) is 3.02. The molecule has 3 rings (SSSR count). The third-order valence-electron chi connectivity index (χ3n) is 5.18. The van der Waals surface area contributed by atoms with E-state index in [0.717, 1.165) is 12.8 Å². The maximum atomic E-state index is 12.3. The summed E-state index contributed by atoms with van der Waals surface area (Å²) in [7, 11) is 0. The molecule has 0 aromatic heterocycles. The normalized spacial score (nSPS) is 29.1. The van der Waals surface area contributed by atoms with E-state index in [1.807, 2.05) is 0 Å². The lowest BCUT2D eigenvalue weighted by molar-refractivity contribution is -0.384. The first-order valence-electron chi connectivity index (χ1n) is 7.70. The van der Waals surface area contributed by atoms with Gasteiger partial charge >= 0.3 is 0 Å². The van der Waals surface area contributed by atoms with Crippen LogP contribution in [0.3, 0.4) is 0 Å². The number of carbonyl (C=O) groups is 1. The van der Waals surface area contributed by atoms with E-state index in [1.165, 1.54) is 37.3 Å². The van der Waals surface area contributed by atoms with Gasteiger partial charge in [0.15, 0.2) is 0 Å². The van der Waals surface area contributed by atoms with Gasteiger partial charge in [0.05, 0.1) is 11.1 Å². The molecule has 6 nitrogen and oxygen atoms in total. The maximum absolute atomic E-state index is 12.3. The molecule has 3 atom stereocenters. The lowest BCUT2D eigenvalue weighted by Gasteiger charge is -2.15. The van der Waals surface area contributed by atoms with Crippen molar-refractivity contribution in [1.29, 1.82) is 0 Å². The fraction of sp³-hybridized carbons (Fsp3) is 0.500. The largest absolute Gasteiger partial charge is 0.273 e. The van der Waals surface area contributed by atoms with E-state index in [9.17, 15) is 14.9 Å². The monoisotopic (exact) mass is 335 g/mol.